The summed E-state index contributed by atoms with van der Waals surface area (Å²) in [5.41, 5.74) is 3.36. The lowest BCUT2D eigenvalue weighted by Gasteiger charge is -2.31. The molecule has 3 aromatic rings. The molecule has 0 spiro atoms. The van der Waals surface area contributed by atoms with Crippen molar-refractivity contribution in [1.29, 1.82) is 0 Å². The fourth-order valence-corrected chi connectivity index (χ4v) is 4.66. The normalized spacial score (nSPS) is 16.0. The molecule has 2 heterocycles. The van der Waals surface area contributed by atoms with Gasteiger partial charge in [0.05, 0.1) is 0 Å². The lowest BCUT2D eigenvalue weighted by atomic mass is 9.99. The smallest absolute Gasteiger partial charge is 0.321 e. The number of nitrogens with zero attached hydrogens (tertiary/aromatic N) is 3. The molecule has 9 heteroatoms. The van der Waals surface area contributed by atoms with Gasteiger partial charge in [-0.15, -0.1) is 10.2 Å². The number of halogens is 1. The van der Waals surface area contributed by atoms with Gasteiger partial charge in [-0.05, 0) is 56.0 Å². The minimum absolute atomic E-state index is 0.0496. The molecule has 1 atom stereocenters. The summed E-state index contributed by atoms with van der Waals surface area (Å²) in [6.07, 6.45) is 1.76. The second-order valence-corrected chi connectivity index (χ2v) is 9.31. The molecule has 2 aromatic carbocycles. The van der Waals surface area contributed by atoms with Crippen molar-refractivity contribution >= 4 is 46.3 Å². The van der Waals surface area contributed by atoms with E-state index in [1.807, 2.05) is 50.2 Å². The zero-order valence-electron chi connectivity index (χ0n) is 17.9. The number of carbonyl (C=O) groups is 2. The Morgan fingerprint density at radius 2 is 1.91 bits per heavy atom. The predicted octanol–water partition coefficient (Wildman–Crippen LogP) is 5.47. The largest absolute Gasteiger partial charge is 0.324 e. The van der Waals surface area contributed by atoms with Gasteiger partial charge in [0.1, 0.15) is 5.01 Å². The molecule has 1 fully saturated rings. The number of benzene rings is 2. The van der Waals surface area contributed by atoms with Crippen LogP contribution in [0.1, 0.15) is 44.7 Å². The van der Waals surface area contributed by atoms with Gasteiger partial charge in [-0.3, -0.25) is 4.79 Å². The van der Waals surface area contributed by atoms with Gasteiger partial charge in [0.25, 0.3) is 5.91 Å². The van der Waals surface area contributed by atoms with E-state index in [1.165, 1.54) is 11.3 Å². The quantitative estimate of drug-likeness (QED) is 0.530. The van der Waals surface area contributed by atoms with Crippen molar-refractivity contribution in [2.75, 3.05) is 23.7 Å². The molecule has 7 nitrogen and oxygen atoms in total. The van der Waals surface area contributed by atoms with Crippen LogP contribution in [0.25, 0.3) is 0 Å². The van der Waals surface area contributed by atoms with Crippen LogP contribution >= 0.6 is 22.9 Å². The molecular formula is C23H24ClN5O2S. The zero-order chi connectivity index (χ0) is 22.7. The molecule has 1 aromatic heterocycles. The minimum atomic E-state index is -0.273. The Bertz CT molecular complexity index is 1150. The first-order chi connectivity index (χ1) is 15.4. The molecule has 1 aliphatic heterocycles. The number of urea groups is 1. The number of amides is 3. The maximum atomic E-state index is 12.8. The van der Waals surface area contributed by atoms with Gasteiger partial charge in [0.15, 0.2) is 0 Å². The molecule has 1 aliphatic rings. The van der Waals surface area contributed by atoms with Crippen LogP contribution in [0, 0.1) is 13.8 Å². The zero-order valence-corrected chi connectivity index (χ0v) is 19.5. The average molecular weight is 470 g/mol. The maximum absolute atomic E-state index is 12.8. The second kappa shape index (κ2) is 9.67. The van der Waals surface area contributed by atoms with E-state index >= 15 is 0 Å². The molecule has 2 N–H and O–H groups in total. The van der Waals surface area contributed by atoms with Crippen LogP contribution in [0.3, 0.4) is 0 Å². The molecule has 1 saturated heterocycles. The van der Waals surface area contributed by atoms with Crippen LogP contribution < -0.4 is 10.6 Å². The second-order valence-electron chi connectivity index (χ2n) is 7.89. The van der Waals surface area contributed by atoms with Gasteiger partial charge < -0.3 is 15.5 Å². The van der Waals surface area contributed by atoms with Crippen molar-refractivity contribution in [2.45, 2.75) is 32.6 Å². The molecule has 32 heavy (non-hydrogen) atoms. The predicted molar refractivity (Wildman–Crippen MR) is 128 cm³/mol. The Labute approximate surface area is 195 Å². The molecular weight excluding hydrogens is 446 g/mol. The molecule has 0 saturated carbocycles. The van der Waals surface area contributed by atoms with E-state index in [2.05, 4.69) is 20.8 Å². The van der Waals surface area contributed by atoms with E-state index < -0.39 is 0 Å². The van der Waals surface area contributed by atoms with Crippen LogP contribution in [0.2, 0.25) is 5.02 Å². The number of hydrogen-bond donors (Lipinski definition) is 2. The number of piperidine rings is 1. The first kappa shape index (κ1) is 22.2. The molecule has 0 bridgehead atoms. The molecule has 4 rings (SSSR count). The summed E-state index contributed by atoms with van der Waals surface area (Å²) in [6, 6.07) is 12.9. The number of para-hydroxylation sites is 1. The fourth-order valence-electron chi connectivity index (χ4n) is 3.62. The summed E-state index contributed by atoms with van der Waals surface area (Å²) < 4.78 is 0. The molecule has 0 unspecified atom stereocenters. The third kappa shape index (κ3) is 5.08. The van der Waals surface area contributed by atoms with Crippen molar-refractivity contribution < 1.29 is 9.59 Å². The molecule has 166 valence electrons. The standard InChI is InChI=1S/C23H24ClN5O2S/c1-14-9-10-17(12-18(14)24)25-23(31)29-11-5-7-16(13-29)21-27-28-22(32-21)20(30)26-19-8-4-3-6-15(19)2/h3-4,6,8-10,12,16H,5,7,11,13H2,1-2H3,(H,25,31)(H,26,30)/t16-/m0/s1. The third-order valence-corrected chi connectivity index (χ3v) is 7.00. The van der Waals surface area contributed by atoms with Crippen molar-refractivity contribution in [3.63, 3.8) is 0 Å². The number of aromatic nitrogens is 2. The SMILES string of the molecule is Cc1ccc(NC(=O)N2CCC[C@H](c3nnc(C(=O)Nc4ccccc4C)s3)C2)cc1Cl. The first-order valence-corrected chi connectivity index (χ1v) is 11.6. The van der Waals surface area contributed by atoms with E-state index in [9.17, 15) is 9.59 Å². The third-order valence-electron chi connectivity index (χ3n) is 5.51. The minimum Gasteiger partial charge on any atom is -0.324 e. The van der Waals surface area contributed by atoms with Crippen LogP contribution in [0.4, 0.5) is 16.2 Å². The monoisotopic (exact) mass is 469 g/mol. The Hall–Kier alpha value is -2.97. The highest BCUT2D eigenvalue weighted by Crippen LogP contribution is 2.30. The van der Waals surface area contributed by atoms with Gasteiger partial charge >= 0.3 is 6.03 Å². The lowest BCUT2D eigenvalue weighted by Crippen LogP contribution is -2.41. The number of likely N-dealkylation sites (tertiary alicyclic amines) is 1. The van der Waals surface area contributed by atoms with E-state index in [1.54, 1.807) is 11.0 Å². The fraction of sp³-hybridized carbons (Fsp3) is 0.304. The summed E-state index contributed by atoms with van der Waals surface area (Å²) >= 11 is 7.45. The summed E-state index contributed by atoms with van der Waals surface area (Å²) in [5.74, 6) is -0.224. The summed E-state index contributed by atoms with van der Waals surface area (Å²) in [4.78, 5) is 27.1. The first-order valence-electron chi connectivity index (χ1n) is 10.4. The van der Waals surface area contributed by atoms with Crippen molar-refractivity contribution in [2.24, 2.45) is 0 Å². The van der Waals surface area contributed by atoms with Crippen LogP contribution in [-0.4, -0.2) is 40.1 Å². The van der Waals surface area contributed by atoms with E-state index in [0.29, 0.717) is 28.8 Å². The lowest BCUT2D eigenvalue weighted by molar-refractivity contribution is 0.102. The number of rotatable bonds is 4. The molecule has 0 aliphatic carbocycles. The summed E-state index contributed by atoms with van der Waals surface area (Å²) in [5, 5.41) is 15.9. The molecule has 0 radical (unpaired) electrons. The number of anilines is 2. The van der Waals surface area contributed by atoms with E-state index in [0.717, 1.165) is 34.7 Å². The van der Waals surface area contributed by atoms with Gasteiger partial charge in [-0.25, -0.2) is 4.79 Å². The molecule has 3 amide bonds. The van der Waals surface area contributed by atoms with Crippen LogP contribution in [-0.2, 0) is 0 Å². The number of hydrogen-bond acceptors (Lipinski definition) is 5. The summed E-state index contributed by atoms with van der Waals surface area (Å²) in [6.45, 7) is 5.05. The number of aryl methyl sites for hydroxylation is 2. The van der Waals surface area contributed by atoms with E-state index in [4.69, 9.17) is 11.6 Å². The number of nitrogens with one attached hydrogen (secondary N) is 2. The van der Waals surface area contributed by atoms with Crippen molar-refractivity contribution in [3.05, 3.63) is 68.6 Å². The highest BCUT2D eigenvalue weighted by atomic mass is 35.5. The number of carbonyl (C=O) groups excluding carboxylic acids is 2. The van der Waals surface area contributed by atoms with Crippen LogP contribution in [0.15, 0.2) is 42.5 Å². The van der Waals surface area contributed by atoms with E-state index in [-0.39, 0.29) is 17.9 Å². The highest BCUT2D eigenvalue weighted by molar-refractivity contribution is 7.13. The van der Waals surface area contributed by atoms with Crippen molar-refractivity contribution in [3.8, 4) is 0 Å². The Kier molecular flexibility index (Phi) is 6.72. The van der Waals surface area contributed by atoms with Crippen LogP contribution in [0.5, 0.6) is 0 Å². The highest BCUT2D eigenvalue weighted by Gasteiger charge is 2.28. The topological polar surface area (TPSA) is 87.2 Å². The Morgan fingerprint density at radius 1 is 1.09 bits per heavy atom. The Morgan fingerprint density at radius 3 is 2.69 bits per heavy atom. The van der Waals surface area contributed by atoms with Gasteiger partial charge in [0.2, 0.25) is 5.01 Å². The maximum Gasteiger partial charge on any atom is 0.321 e. The average Bonchev–Trinajstić information content (AvgIpc) is 3.28. The van der Waals surface area contributed by atoms with Gasteiger partial charge in [-0.1, -0.05) is 47.2 Å². The van der Waals surface area contributed by atoms with Gasteiger partial charge in [-0.2, -0.15) is 0 Å². The van der Waals surface area contributed by atoms with Crippen molar-refractivity contribution in [1.82, 2.24) is 15.1 Å². The Balaban J connectivity index is 1.39. The van der Waals surface area contributed by atoms with Gasteiger partial charge in [0, 0.05) is 35.4 Å². The summed E-state index contributed by atoms with van der Waals surface area (Å²) in [7, 11) is 0.